The minimum atomic E-state index is 0.0218. The fourth-order valence-electron chi connectivity index (χ4n) is 3.52. The normalized spacial score (nSPS) is 14.8. The number of benzene rings is 2. The van der Waals surface area contributed by atoms with Gasteiger partial charge in [-0.05, 0) is 30.7 Å². The third-order valence-corrected chi connectivity index (χ3v) is 5.13. The second-order valence-corrected chi connectivity index (χ2v) is 7.08. The molecule has 5 nitrogen and oxygen atoms in total. The summed E-state index contributed by atoms with van der Waals surface area (Å²) in [6.45, 7) is 3.41. The number of amides is 1. The molecule has 5 heteroatoms. The highest BCUT2D eigenvalue weighted by molar-refractivity contribution is 5.84. The molecular formula is C23H24N2O3. The second kappa shape index (κ2) is 8.30. The molecule has 3 aromatic rings. The number of pyridine rings is 1. The maximum absolute atomic E-state index is 12.5. The Morgan fingerprint density at radius 2 is 1.79 bits per heavy atom. The molecule has 0 saturated carbocycles. The number of carbonyl (C=O) groups excluding carboxylic acids is 1. The van der Waals surface area contributed by atoms with Gasteiger partial charge in [-0.1, -0.05) is 36.4 Å². The van der Waals surface area contributed by atoms with Crippen molar-refractivity contribution in [3.05, 3.63) is 66.4 Å². The molecule has 0 atom stereocenters. The van der Waals surface area contributed by atoms with Gasteiger partial charge in [0.25, 0.3) is 5.91 Å². The number of para-hydroxylation sites is 2. The second-order valence-electron chi connectivity index (χ2n) is 7.08. The van der Waals surface area contributed by atoms with E-state index in [1.807, 2.05) is 66.4 Å². The third-order valence-electron chi connectivity index (χ3n) is 5.13. The summed E-state index contributed by atoms with van der Waals surface area (Å²) >= 11 is 0. The zero-order valence-corrected chi connectivity index (χ0v) is 16.0. The summed E-state index contributed by atoms with van der Waals surface area (Å²) in [5.41, 5.74) is 1.92. The number of nitrogens with zero attached hydrogens (tertiary/aromatic N) is 2. The van der Waals surface area contributed by atoms with Crippen LogP contribution in [0.2, 0.25) is 0 Å². The van der Waals surface area contributed by atoms with Gasteiger partial charge in [-0.25, -0.2) is 0 Å². The highest BCUT2D eigenvalue weighted by Gasteiger charge is 2.24. The zero-order valence-electron chi connectivity index (χ0n) is 16.0. The third kappa shape index (κ3) is 4.09. The van der Waals surface area contributed by atoms with Crippen LogP contribution >= 0.6 is 0 Å². The highest BCUT2D eigenvalue weighted by Crippen LogP contribution is 2.26. The Bertz CT molecular complexity index is 959. The minimum Gasteiger partial charge on any atom is -0.488 e. The average molecular weight is 376 g/mol. The van der Waals surface area contributed by atoms with E-state index in [1.54, 1.807) is 6.20 Å². The predicted molar refractivity (Wildman–Crippen MR) is 109 cm³/mol. The number of piperidine rings is 1. The Labute approximate surface area is 164 Å². The first-order valence-electron chi connectivity index (χ1n) is 9.67. The Morgan fingerprint density at radius 1 is 1.04 bits per heavy atom. The molecular weight excluding hydrogens is 352 g/mol. The number of ether oxygens (including phenoxy) is 2. The molecule has 0 radical (unpaired) electrons. The van der Waals surface area contributed by atoms with Crippen LogP contribution in [0.1, 0.15) is 18.4 Å². The molecule has 1 saturated heterocycles. The van der Waals surface area contributed by atoms with Crippen molar-refractivity contribution in [2.45, 2.75) is 25.9 Å². The molecule has 2 aromatic carbocycles. The standard InChI is InChI=1S/C23H24N2O3/c1-17-6-2-3-9-20(17)27-16-22(26)25-14-11-19(12-15-25)28-21-10-4-7-18-8-5-13-24-23(18)21/h2-10,13,19H,11-12,14-16H2,1H3. The molecule has 1 fully saturated rings. The lowest BCUT2D eigenvalue weighted by molar-refractivity contribution is -0.135. The van der Waals surface area contributed by atoms with Crippen LogP contribution in [0.3, 0.4) is 0 Å². The molecule has 0 unspecified atom stereocenters. The van der Waals surface area contributed by atoms with E-state index >= 15 is 0 Å². The van der Waals surface area contributed by atoms with Crippen molar-refractivity contribution in [3.63, 3.8) is 0 Å². The highest BCUT2D eigenvalue weighted by atomic mass is 16.5. The first-order valence-corrected chi connectivity index (χ1v) is 9.67. The van der Waals surface area contributed by atoms with E-state index in [4.69, 9.17) is 9.47 Å². The Morgan fingerprint density at radius 3 is 2.61 bits per heavy atom. The predicted octanol–water partition coefficient (Wildman–Crippen LogP) is 3.99. The molecule has 1 aliphatic rings. The largest absolute Gasteiger partial charge is 0.488 e. The summed E-state index contributed by atoms with van der Waals surface area (Å²) in [6, 6.07) is 17.7. The number of aryl methyl sites for hydroxylation is 1. The number of fused-ring (bicyclic) bond motifs is 1. The summed E-state index contributed by atoms with van der Waals surface area (Å²) in [7, 11) is 0. The van der Waals surface area contributed by atoms with Crippen LogP contribution in [0.5, 0.6) is 11.5 Å². The first kappa shape index (κ1) is 18.3. The molecule has 0 spiro atoms. The quantitative estimate of drug-likeness (QED) is 0.676. The summed E-state index contributed by atoms with van der Waals surface area (Å²) in [6.07, 6.45) is 3.48. The van der Waals surface area contributed by atoms with Crippen molar-refractivity contribution in [2.24, 2.45) is 0 Å². The molecule has 1 aromatic heterocycles. The number of carbonyl (C=O) groups is 1. The number of likely N-dealkylation sites (tertiary alicyclic amines) is 1. The molecule has 0 bridgehead atoms. The van der Waals surface area contributed by atoms with Crippen LogP contribution < -0.4 is 9.47 Å². The van der Waals surface area contributed by atoms with E-state index in [9.17, 15) is 4.79 Å². The van der Waals surface area contributed by atoms with E-state index in [-0.39, 0.29) is 18.6 Å². The Kier molecular flexibility index (Phi) is 5.42. The van der Waals surface area contributed by atoms with Crippen LogP contribution in [0.15, 0.2) is 60.8 Å². The van der Waals surface area contributed by atoms with Crippen LogP contribution in [-0.2, 0) is 4.79 Å². The monoisotopic (exact) mass is 376 g/mol. The molecule has 1 aliphatic heterocycles. The fourth-order valence-corrected chi connectivity index (χ4v) is 3.52. The molecule has 144 valence electrons. The van der Waals surface area contributed by atoms with E-state index < -0.39 is 0 Å². The molecule has 1 amide bonds. The summed E-state index contributed by atoms with van der Waals surface area (Å²) < 4.78 is 11.9. The molecule has 0 N–H and O–H groups in total. The van der Waals surface area contributed by atoms with Gasteiger partial charge >= 0.3 is 0 Å². The Hall–Kier alpha value is -3.08. The lowest BCUT2D eigenvalue weighted by Crippen LogP contribution is -2.43. The number of aromatic nitrogens is 1. The number of hydrogen-bond donors (Lipinski definition) is 0. The Balaban J connectivity index is 1.30. The average Bonchev–Trinajstić information content (AvgIpc) is 2.74. The van der Waals surface area contributed by atoms with Crippen molar-refractivity contribution < 1.29 is 14.3 Å². The van der Waals surface area contributed by atoms with Gasteiger partial charge in [0.15, 0.2) is 6.61 Å². The summed E-state index contributed by atoms with van der Waals surface area (Å²) in [5.74, 6) is 1.59. The van der Waals surface area contributed by atoms with Crippen LogP contribution in [-0.4, -0.2) is 41.6 Å². The van der Waals surface area contributed by atoms with Crippen molar-refractivity contribution in [2.75, 3.05) is 19.7 Å². The van der Waals surface area contributed by atoms with Crippen LogP contribution in [0, 0.1) is 6.92 Å². The van der Waals surface area contributed by atoms with E-state index in [1.165, 1.54) is 0 Å². The molecule has 28 heavy (non-hydrogen) atoms. The van der Waals surface area contributed by atoms with Gasteiger partial charge in [0.2, 0.25) is 0 Å². The zero-order chi connectivity index (χ0) is 19.3. The number of hydrogen-bond acceptors (Lipinski definition) is 4. The van der Waals surface area contributed by atoms with E-state index in [0.717, 1.165) is 40.8 Å². The van der Waals surface area contributed by atoms with Crippen molar-refractivity contribution >= 4 is 16.8 Å². The smallest absolute Gasteiger partial charge is 0.260 e. The maximum atomic E-state index is 12.5. The first-order chi connectivity index (χ1) is 13.7. The fraction of sp³-hybridized carbons (Fsp3) is 0.304. The van der Waals surface area contributed by atoms with E-state index in [2.05, 4.69) is 4.98 Å². The van der Waals surface area contributed by atoms with Gasteiger partial charge in [-0.3, -0.25) is 9.78 Å². The van der Waals surface area contributed by atoms with Crippen molar-refractivity contribution in [1.82, 2.24) is 9.88 Å². The lowest BCUT2D eigenvalue weighted by Gasteiger charge is -2.32. The van der Waals surface area contributed by atoms with Gasteiger partial charge in [0.1, 0.15) is 23.1 Å². The van der Waals surface area contributed by atoms with Gasteiger partial charge < -0.3 is 14.4 Å². The molecule has 4 rings (SSSR count). The maximum Gasteiger partial charge on any atom is 0.260 e. The summed E-state index contributed by atoms with van der Waals surface area (Å²) in [4.78, 5) is 18.8. The topological polar surface area (TPSA) is 51.7 Å². The lowest BCUT2D eigenvalue weighted by atomic mass is 10.1. The minimum absolute atomic E-state index is 0.0218. The van der Waals surface area contributed by atoms with Crippen molar-refractivity contribution in [3.8, 4) is 11.5 Å². The SMILES string of the molecule is Cc1ccccc1OCC(=O)N1CCC(Oc2cccc3cccnc23)CC1. The number of rotatable bonds is 5. The van der Waals surface area contributed by atoms with Gasteiger partial charge in [-0.15, -0.1) is 0 Å². The van der Waals surface area contributed by atoms with Gasteiger partial charge in [0.05, 0.1) is 0 Å². The molecule has 0 aliphatic carbocycles. The summed E-state index contributed by atoms with van der Waals surface area (Å²) in [5, 5.41) is 1.07. The van der Waals surface area contributed by atoms with Gasteiger partial charge in [-0.2, -0.15) is 0 Å². The van der Waals surface area contributed by atoms with E-state index in [0.29, 0.717) is 13.1 Å². The van der Waals surface area contributed by atoms with Crippen molar-refractivity contribution in [1.29, 1.82) is 0 Å². The van der Waals surface area contributed by atoms with Crippen LogP contribution in [0.25, 0.3) is 10.9 Å². The molecule has 2 heterocycles. The van der Waals surface area contributed by atoms with Gasteiger partial charge in [0, 0.05) is 37.5 Å². The van der Waals surface area contributed by atoms with Crippen LogP contribution in [0.4, 0.5) is 0 Å².